The molecule has 0 aliphatic rings. The van der Waals surface area contributed by atoms with Gasteiger partial charge in [0.2, 0.25) is 0 Å². The van der Waals surface area contributed by atoms with Gasteiger partial charge in [-0.25, -0.2) is 4.79 Å². The minimum Gasteiger partial charge on any atom is -0.506 e. The van der Waals surface area contributed by atoms with Crippen LogP contribution in [0.2, 0.25) is 0 Å². The third kappa shape index (κ3) is 3.99. The highest BCUT2D eigenvalue weighted by atomic mass is 16.3. The Morgan fingerprint density at radius 3 is 2.33 bits per heavy atom. The van der Waals surface area contributed by atoms with Gasteiger partial charge >= 0.3 is 6.03 Å². The van der Waals surface area contributed by atoms with Crippen molar-refractivity contribution >= 4 is 11.7 Å². The molecule has 2 amide bonds. The highest BCUT2D eigenvalue weighted by molar-refractivity contribution is 5.91. The Morgan fingerprint density at radius 2 is 1.71 bits per heavy atom. The molecule has 2 N–H and O–H groups in total. The second-order valence-corrected chi connectivity index (χ2v) is 5.15. The minimum atomic E-state index is -0.227. The number of anilines is 1. The summed E-state index contributed by atoms with van der Waals surface area (Å²) >= 11 is 0. The van der Waals surface area contributed by atoms with E-state index in [-0.39, 0.29) is 17.8 Å². The Morgan fingerprint density at radius 1 is 1.10 bits per heavy atom. The number of phenolic OH excluding ortho intramolecular Hbond substituents is 1. The molecule has 0 aromatic heterocycles. The predicted molar refractivity (Wildman–Crippen MR) is 84.2 cm³/mol. The molecule has 2 rings (SSSR count). The maximum atomic E-state index is 12.4. The van der Waals surface area contributed by atoms with E-state index in [0.717, 1.165) is 5.56 Å². The molecule has 0 spiro atoms. The molecule has 0 unspecified atom stereocenters. The van der Waals surface area contributed by atoms with Gasteiger partial charge in [-0.1, -0.05) is 42.5 Å². The number of aromatic hydroxyl groups is 1. The number of carbonyl (C=O) groups is 1. The third-order valence-corrected chi connectivity index (χ3v) is 3.23. The Kier molecular flexibility index (Phi) is 4.82. The normalized spacial score (nSPS) is 10.4. The van der Waals surface area contributed by atoms with E-state index in [1.165, 1.54) is 0 Å². The minimum absolute atomic E-state index is 0.0519. The highest BCUT2D eigenvalue weighted by Gasteiger charge is 2.18. The van der Waals surface area contributed by atoms with Gasteiger partial charge in [-0.2, -0.15) is 0 Å². The van der Waals surface area contributed by atoms with E-state index in [0.29, 0.717) is 12.2 Å². The third-order valence-electron chi connectivity index (χ3n) is 3.23. The van der Waals surface area contributed by atoms with Crippen LogP contribution in [-0.2, 0) is 6.54 Å². The number of hydrogen-bond acceptors (Lipinski definition) is 2. The van der Waals surface area contributed by atoms with Gasteiger partial charge in [0.05, 0.1) is 5.69 Å². The van der Waals surface area contributed by atoms with Crippen LogP contribution in [0.25, 0.3) is 0 Å². The number of benzene rings is 2. The summed E-state index contributed by atoms with van der Waals surface area (Å²) in [6, 6.07) is 16.4. The van der Waals surface area contributed by atoms with Crippen LogP contribution in [0.4, 0.5) is 10.5 Å². The van der Waals surface area contributed by atoms with Crippen molar-refractivity contribution in [2.75, 3.05) is 5.32 Å². The lowest BCUT2D eigenvalue weighted by atomic mass is 10.2. The molecule has 4 heteroatoms. The van der Waals surface area contributed by atoms with Gasteiger partial charge in [-0.15, -0.1) is 0 Å². The van der Waals surface area contributed by atoms with Crippen LogP contribution in [0.5, 0.6) is 5.75 Å². The molecule has 0 saturated heterocycles. The molecule has 0 aliphatic carbocycles. The molecule has 0 saturated carbocycles. The van der Waals surface area contributed by atoms with E-state index in [2.05, 4.69) is 5.32 Å². The van der Waals surface area contributed by atoms with Crippen molar-refractivity contribution in [3.05, 3.63) is 60.2 Å². The fourth-order valence-electron chi connectivity index (χ4n) is 2.04. The lowest BCUT2D eigenvalue weighted by Crippen LogP contribution is -2.39. The average Bonchev–Trinajstić information content (AvgIpc) is 2.48. The van der Waals surface area contributed by atoms with E-state index >= 15 is 0 Å². The van der Waals surface area contributed by atoms with Crippen molar-refractivity contribution in [2.45, 2.75) is 26.4 Å². The van der Waals surface area contributed by atoms with Crippen LogP contribution in [0, 0.1) is 0 Å². The number of hydrogen-bond donors (Lipinski definition) is 2. The first kappa shape index (κ1) is 14.9. The number of nitrogens with one attached hydrogen (secondary N) is 1. The Balaban J connectivity index is 2.11. The van der Waals surface area contributed by atoms with E-state index in [4.69, 9.17) is 0 Å². The second kappa shape index (κ2) is 6.79. The lowest BCUT2D eigenvalue weighted by Gasteiger charge is -2.27. The maximum absolute atomic E-state index is 12.4. The topological polar surface area (TPSA) is 52.6 Å². The van der Waals surface area contributed by atoms with Crippen molar-refractivity contribution in [3.8, 4) is 5.75 Å². The number of carbonyl (C=O) groups excluding carboxylic acids is 1. The summed E-state index contributed by atoms with van der Waals surface area (Å²) in [5.41, 5.74) is 1.49. The first-order valence-electron chi connectivity index (χ1n) is 6.97. The number of amides is 2. The van der Waals surface area contributed by atoms with Gasteiger partial charge in [-0.3, -0.25) is 0 Å². The lowest BCUT2D eigenvalue weighted by molar-refractivity contribution is 0.193. The Hall–Kier alpha value is -2.49. The zero-order chi connectivity index (χ0) is 15.2. The van der Waals surface area contributed by atoms with Gasteiger partial charge in [-0.05, 0) is 31.5 Å². The van der Waals surface area contributed by atoms with Crippen LogP contribution in [0.3, 0.4) is 0 Å². The molecule has 2 aromatic carbocycles. The summed E-state index contributed by atoms with van der Waals surface area (Å²) in [7, 11) is 0. The van der Waals surface area contributed by atoms with Crippen LogP contribution in [0.1, 0.15) is 19.4 Å². The molecule has 0 radical (unpaired) electrons. The van der Waals surface area contributed by atoms with Crippen LogP contribution in [-0.4, -0.2) is 22.1 Å². The summed E-state index contributed by atoms with van der Waals surface area (Å²) in [4.78, 5) is 14.1. The molecule has 21 heavy (non-hydrogen) atoms. The van der Waals surface area contributed by atoms with Gasteiger partial charge in [0.1, 0.15) is 5.75 Å². The molecule has 0 heterocycles. The zero-order valence-electron chi connectivity index (χ0n) is 12.3. The summed E-state index contributed by atoms with van der Waals surface area (Å²) in [6.07, 6.45) is 0. The van der Waals surface area contributed by atoms with Crippen molar-refractivity contribution in [1.82, 2.24) is 4.90 Å². The molecule has 0 fully saturated rings. The molecule has 0 bridgehead atoms. The first-order chi connectivity index (χ1) is 10.1. The van der Waals surface area contributed by atoms with Crippen LogP contribution in [0.15, 0.2) is 54.6 Å². The van der Waals surface area contributed by atoms with Gasteiger partial charge in [0, 0.05) is 12.6 Å². The molecule has 110 valence electrons. The van der Waals surface area contributed by atoms with Gasteiger partial charge in [0.15, 0.2) is 0 Å². The van der Waals surface area contributed by atoms with Crippen molar-refractivity contribution in [1.29, 1.82) is 0 Å². The standard InChI is InChI=1S/C17H20N2O2/c1-13(2)19(12-14-8-4-3-5-9-14)17(21)18-15-10-6-7-11-16(15)20/h3-11,13,20H,12H2,1-2H3,(H,18,21). The van der Waals surface area contributed by atoms with Crippen molar-refractivity contribution < 1.29 is 9.90 Å². The predicted octanol–water partition coefficient (Wildman–Crippen LogP) is 3.83. The number of rotatable bonds is 4. The Bertz CT molecular complexity index is 597. The largest absolute Gasteiger partial charge is 0.506 e. The second-order valence-electron chi connectivity index (χ2n) is 5.15. The van der Waals surface area contributed by atoms with E-state index in [1.54, 1.807) is 29.2 Å². The molecular weight excluding hydrogens is 264 g/mol. The zero-order valence-corrected chi connectivity index (χ0v) is 12.3. The number of nitrogens with zero attached hydrogens (tertiary/aromatic N) is 1. The quantitative estimate of drug-likeness (QED) is 0.838. The summed E-state index contributed by atoms with van der Waals surface area (Å²) < 4.78 is 0. The smallest absolute Gasteiger partial charge is 0.322 e. The van der Waals surface area contributed by atoms with Crippen molar-refractivity contribution in [3.63, 3.8) is 0 Å². The summed E-state index contributed by atoms with van der Waals surface area (Å²) in [6.45, 7) is 4.46. The fraction of sp³-hybridized carbons (Fsp3) is 0.235. The van der Waals surface area contributed by atoms with Gasteiger partial charge < -0.3 is 15.3 Å². The van der Waals surface area contributed by atoms with E-state index in [1.807, 2.05) is 44.2 Å². The first-order valence-corrected chi connectivity index (χ1v) is 6.97. The summed E-state index contributed by atoms with van der Waals surface area (Å²) in [5.74, 6) is 0.0641. The van der Waals surface area contributed by atoms with Crippen LogP contribution < -0.4 is 5.32 Å². The molecule has 4 nitrogen and oxygen atoms in total. The Labute approximate surface area is 125 Å². The molecular formula is C17H20N2O2. The molecule has 2 aromatic rings. The van der Waals surface area contributed by atoms with Crippen molar-refractivity contribution in [2.24, 2.45) is 0 Å². The van der Waals surface area contributed by atoms with Crippen LogP contribution >= 0.6 is 0 Å². The number of urea groups is 1. The maximum Gasteiger partial charge on any atom is 0.322 e. The fourth-order valence-corrected chi connectivity index (χ4v) is 2.04. The molecule has 0 aliphatic heterocycles. The monoisotopic (exact) mass is 284 g/mol. The number of phenols is 1. The summed E-state index contributed by atoms with van der Waals surface area (Å²) in [5, 5.41) is 12.5. The van der Waals surface area contributed by atoms with E-state index in [9.17, 15) is 9.90 Å². The SMILES string of the molecule is CC(C)N(Cc1ccccc1)C(=O)Nc1ccccc1O. The highest BCUT2D eigenvalue weighted by Crippen LogP contribution is 2.22. The number of para-hydroxylation sites is 2. The van der Waals surface area contributed by atoms with E-state index < -0.39 is 0 Å². The molecule has 0 atom stereocenters. The average molecular weight is 284 g/mol. The van der Waals surface area contributed by atoms with Gasteiger partial charge in [0.25, 0.3) is 0 Å².